The van der Waals surface area contributed by atoms with Crippen LogP contribution in [-0.2, 0) is 11.2 Å². The van der Waals surface area contributed by atoms with Gasteiger partial charge in [-0.3, -0.25) is 14.4 Å². The molecule has 0 radical (unpaired) electrons. The second-order valence-electron chi connectivity index (χ2n) is 9.09. The summed E-state index contributed by atoms with van der Waals surface area (Å²) in [5, 5.41) is 4.98. The van der Waals surface area contributed by atoms with Crippen LogP contribution in [0, 0.1) is 5.41 Å². The Labute approximate surface area is 192 Å². The molecule has 2 amide bonds. The number of aromatic amines is 1. The predicted molar refractivity (Wildman–Crippen MR) is 125 cm³/mol. The highest BCUT2D eigenvalue weighted by atomic mass is 16.5. The molecule has 0 aliphatic rings. The van der Waals surface area contributed by atoms with Gasteiger partial charge in [0.25, 0.3) is 17.4 Å². The Morgan fingerprint density at radius 1 is 1.09 bits per heavy atom. The van der Waals surface area contributed by atoms with E-state index in [1.807, 2.05) is 24.3 Å². The minimum absolute atomic E-state index is 0.153. The quantitative estimate of drug-likeness (QED) is 0.565. The van der Waals surface area contributed by atoms with E-state index in [2.05, 4.69) is 31.2 Å². The SMILES string of the molecule is COc1ccc(C(C(=O)Nc2ccc(CC(C)(C)C)cc2)N(C)C(=O)c2cc(=O)[nH]o2)cc1. The summed E-state index contributed by atoms with van der Waals surface area (Å²) in [5.41, 5.74) is 1.98. The van der Waals surface area contributed by atoms with Gasteiger partial charge in [-0.25, -0.2) is 0 Å². The Bertz CT molecular complexity index is 1150. The minimum Gasteiger partial charge on any atom is -0.497 e. The number of anilines is 1. The summed E-state index contributed by atoms with van der Waals surface area (Å²) in [4.78, 5) is 38.9. The first kappa shape index (κ1) is 23.8. The fraction of sp³-hybridized carbons (Fsp3) is 0.320. The van der Waals surface area contributed by atoms with Crippen molar-refractivity contribution < 1.29 is 18.8 Å². The topological polar surface area (TPSA) is 105 Å². The van der Waals surface area contributed by atoms with Gasteiger partial charge in [-0.05, 0) is 47.2 Å². The Balaban J connectivity index is 1.87. The van der Waals surface area contributed by atoms with E-state index in [1.165, 1.54) is 17.5 Å². The number of H-pyrrole nitrogens is 1. The average molecular weight is 452 g/mol. The molecule has 1 unspecified atom stereocenters. The number of carbonyl (C=O) groups is 2. The highest BCUT2D eigenvalue weighted by Gasteiger charge is 2.31. The van der Waals surface area contributed by atoms with Crippen LogP contribution < -0.4 is 15.6 Å². The molecule has 8 heteroatoms. The molecule has 0 fully saturated rings. The smallest absolute Gasteiger partial charge is 0.293 e. The van der Waals surface area contributed by atoms with Gasteiger partial charge >= 0.3 is 0 Å². The lowest BCUT2D eigenvalue weighted by Gasteiger charge is -2.27. The molecule has 0 bridgehead atoms. The highest BCUT2D eigenvalue weighted by Crippen LogP contribution is 2.26. The number of ether oxygens (including phenoxy) is 1. The lowest BCUT2D eigenvalue weighted by molar-refractivity contribution is -0.120. The van der Waals surface area contributed by atoms with Crippen LogP contribution in [0.1, 0.15) is 48.5 Å². The molecular formula is C25H29N3O5. The Morgan fingerprint density at radius 3 is 2.24 bits per heavy atom. The molecular weight excluding hydrogens is 422 g/mol. The number of hydrogen-bond acceptors (Lipinski definition) is 5. The molecule has 3 aromatic rings. The predicted octanol–water partition coefficient (Wildman–Crippen LogP) is 4.02. The highest BCUT2D eigenvalue weighted by molar-refractivity contribution is 6.00. The van der Waals surface area contributed by atoms with Gasteiger partial charge in [0.2, 0.25) is 5.76 Å². The Morgan fingerprint density at radius 2 is 1.73 bits per heavy atom. The van der Waals surface area contributed by atoms with Crippen LogP contribution in [-0.4, -0.2) is 36.0 Å². The van der Waals surface area contributed by atoms with Gasteiger partial charge in [0.15, 0.2) is 0 Å². The van der Waals surface area contributed by atoms with Crippen molar-refractivity contribution >= 4 is 17.5 Å². The van der Waals surface area contributed by atoms with Crippen molar-refractivity contribution in [2.45, 2.75) is 33.2 Å². The van der Waals surface area contributed by atoms with Crippen LogP contribution in [0.15, 0.2) is 63.9 Å². The van der Waals surface area contributed by atoms with Crippen LogP contribution >= 0.6 is 0 Å². The number of rotatable bonds is 7. The number of methoxy groups -OCH3 is 1. The van der Waals surface area contributed by atoms with Gasteiger partial charge in [0.1, 0.15) is 11.8 Å². The minimum atomic E-state index is -0.974. The average Bonchev–Trinajstić information content (AvgIpc) is 3.20. The van der Waals surface area contributed by atoms with E-state index in [0.717, 1.165) is 12.5 Å². The van der Waals surface area contributed by atoms with Crippen molar-refractivity contribution in [1.29, 1.82) is 0 Å². The summed E-state index contributed by atoms with van der Waals surface area (Å²) in [5.74, 6) is -0.569. The molecule has 0 aliphatic heterocycles. The van der Waals surface area contributed by atoms with E-state index in [4.69, 9.17) is 9.26 Å². The summed E-state index contributed by atoms with van der Waals surface area (Å²) in [7, 11) is 3.03. The van der Waals surface area contributed by atoms with E-state index in [-0.39, 0.29) is 11.2 Å². The van der Waals surface area contributed by atoms with Crippen LogP contribution in [0.5, 0.6) is 5.75 Å². The van der Waals surface area contributed by atoms with E-state index in [9.17, 15) is 14.4 Å². The number of likely N-dealkylation sites (N-methyl/N-ethyl adjacent to an activating group) is 1. The van der Waals surface area contributed by atoms with E-state index in [0.29, 0.717) is 17.0 Å². The maximum absolute atomic E-state index is 13.3. The van der Waals surface area contributed by atoms with Gasteiger partial charge < -0.3 is 19.5 Å². The number of hydrogen-bond donors (Lipinski definition) is 2. The molecule has 3 rings (SSSR count). The molecule has 1 aromatic heterocycles. The second-order valence-corrected chi connectivity index (χ2v) is 9.09. The van der Waals surface area contributed by atoms with Gasteiger partial charge in [0.05, 0.1) is 13.2 Å². The number of benzene rings is 2. The summed E-state index contributed by atoms with van der Waals surface area (Å²) < 4.78 is 10.1. The molecule has 0 saturated carbocycles. The van der Waals surface area contributed by atoms with Crippen molar-refractivity contribution in [1.82, 2.24) is 10.1 Å². The van der Waals surface area contributed by atoms with Crippen LogP contribution in [0.2, 0.25) is 0 Å². The summed E-state index contributed by atoms with van der Waals surface area (Å²) in [6.07, 6.45) is 0.912. The molecule has 0 spiro atoms. The number of nitrogens with zero attached hydrogens (tertiary/aromatic N) is 1. The molecule has 2 aromatic carbocycles. The van der Waals surface area contributed by atoms with Crippen LogP contribution in [0.3, 0.4) is 0 Å². The molecule has 1 heterocycles. The third kappa shape index (κ3) is 6.12. The zero-order chi connectivity index (χ0) is 24.2. The number of aromatic nitrogens is 1. The normalized spacial score (nSPS) is 12.2. The maximum Gasteiger partial charge on any atom is 0.293 e. The van der Waals surface area contributed by atoms with Crippen molar-refractivity contribution in [3.05, 3.63) is 81.8 Å². The van der Waals surface area contributed by atoms with Gasteiger partial charge in [-0.2, -0.15) is 5.16 Å². The maximum atomic E-state index is 13.3. The number of carbonyl (C=O) groups excluding carboxylic acids is 2. The van der Waals surface area contributed by atoms with Gasteiger partial charge in [0, 0.05) is 12.7 Å². The van der Waals surface area contributed by atoms with Crippen molar-refractivity contribution in [2.24, 2.45) is 5.41 Å². The van der Waals surface area contributed by atoms with Crippen LogP contribution in [0.4, 0.5) is 5.69 Å². The fourth-order valence-electron chi connectivity index (χ4n) is 3.55. The molecule has 0 saturated heterocycles. The monoisotopic (exact) mass is 451 g/mol. The van der Waals surface area contributed by atoms with Crippen LogP contribution in [0.25, 0.3) is 0 Å². The first-order valence-electron chi connectivity index (χ1n) is 10.6. The summed E-state index contributed by atoms with van der Waals surface area (Å²) in [6.45, 7) is 6.50. The molecule has 1 atom stereocenters. The summed E-state index contributed by atoms with van der Waals surface area (Å²) >= 11 is 0. The zero-order valence-electron chi connectivity index (χ0n) is 19.5. The third-order valence-electron chi connectivity index (χ3n) is 5.08. The first-order valence-corrected chi connectivity index (χ1v) is 10.6. The lowest BCUT2D eigenvalue weighted by atomic mass is 9.88. The van der Waals surface area contributed by atoms with E-state index in [1.54, 1.807) is 31.4 Å². The lowest BCUT2D eigenvalue weighted by Crippen LogP contribution is -2.38. The van der Waals surface area contributed by atoms with E-state index < -0.39 is 23.4 Å². The molecule has 174 valence electrons. The van der Waals surface area contributed by atoms with Crippen molar-refractivity contribution in [2.75, 3.05) is 19.5 Å². The second kappa shape index (κ2) is 9.77. The van der Waals surface area contributed by atoms with Gasteiger partial charge in [-0.15, -0.1) is 0 Å². The largest absolute Gasteiger partial charge is 0.497 e. The van der Waals surface area contributed by atoms with Crippen molar-refractivity contribution in [3.63, 3.8) is 0 Å². The zero-order valence-corrected chi connectivity index (χ0v) is 19.5. The number of nitrogens with one attached hydrogen (secondary N) is 2. The number of amides is 2. The molecule has 33 heavy (non-hydrogen) atoms. The Kier molecular flexibility index (Phi) is 7.06. The summed E-state index contributed by atoms with van der Waals surface area (Å²) in [6, 6.07) is 14.6. The fourth-order valence-corrected chi connectivity index (χ4v) is 3.55. The van der Waals surface area contributed by atoms with E-state index >= 15 is 0 Å². The Hall–Kier alpha value is -3.81. The molecule has 2 N–H and O–H groups in total. The first-order chi connectivity index (χ1) is 15.6. The third-order valence-corrected chi connectivity index (χ3v) is 5.08. The standard InChI is InChI=1S/C25H29N3O5/c1-25(2,3)15-16-6-10-18(11-7-16)26-23(30)22(17-8-12-19(32-5)13-9-17)28(4)24(31)20-14-21(29)27-33-20/h6-14,22H,15H2,1-5H3,(H,26,30)(H,27,29). The van der Waals surface area contributed by atoms with Gasteiger partial charge in [-0.1, -0.05) is 45.0 Å². The molecule has 0 aliphatic carbocycles. The van der Waals surface area contributed by atoms with Crippen molar-refractivity contribution in [3.8, 4) is 5.75 Å². The molecule has 8 nitrogen and oxygen atoms in total.